The van der Waals surface area contributed by atoms with Crippen LogP contribution >= 0.6 is 0 Å². The Morgan fingerprint density at radius 1 is 1.09 bits per heavy atom. The summed E-state index contributed by atoms with van der Waals surface area (Å²) in [5.74, 6) is -1.01. The molecule has 0 saturated carbocycles. The molecule has 2 N–H and O–H groups in total. The molecule has 0 fully saturated rings. The number of hydroxylamine groups is 1. The lowest BCUT2D eigenvalue weighted by Gasteiger charge is -2.17. The summed E-state index contributed by atoms with van der Waals surface area (Å²) in [6.45, 7) is 0. The van der Waals surface area contributed by atoms with E-state index in [-0.39, 0.29) is 30.2 Å². The van der Waals surface area contributed by atoms with Crippen molar-refractivity contribution in [2.75, 3.05) is 12.2 Å². The van der Waals surface area contributed by atoms with Crippen molar-refractivity contribution >= 4 is 28.3 Å². The zero-order valence-electron chi connectivity index (χ0n) is 12.9. The van der Waals surface area contributed by atoms with Crippen molar-refractivity contribution in [2.24, 2.45) is 0 Å². The normalized spacial score (nSPS) is 10.5. The molecule has 0 bridgehead atoms. The maximum absolute atomic E-state index is 12.0. The number of phenols is 1. The summed E-state index contributed by atoms with van der Waals surface area (Å²) in [5.41, 5.74) is 0.0432. The van der Waals surface area contributed by atoms with Gasteiger partial charge >= 0.3 is 5.97 Å². The molecule has 2 rings (SSSR count). The standard InChI is InChI=1S/C17H19NO5/c1-23-16(20)9-5-4-8-15(19)18(22)14-11-10-12-6-2-3-7-13(12)17(14)21/h2-3,6-7,10-11,21-22H,4-5,8-9H2,1H3. The van der Waals surface area contributed by atoms with Crippen LogP contribution in [-0.2, 0) is 14.3 Å². The molecule has 0 saturated heterocycles. The number of hydrogen-bond donors (Lipinski definition) is 2. The molecule has 0 aliphatic carbocycles. The molecule has 0 radical (unpaired) electrons. The van der Waals surface area contributed by atoms with E-state index < -0.39 is 5.91 Å². The minimum absolute atomic E-state index is 0.0432. The number of aromatic hydroxyl groups is 1. The Morgan fingerprint density at radius 2 is 1.78 bits per heavy atom. The molecule has 0 aromatic heterocycles. The Morgan fingerprint density at radius 3 is 2.52 bits per heavy atom. The molecule has 0 aliphatic rings. The van der Waals surface area contributed by atoms with Crippen LogP contribution in [-0.4, -0.2) is 29.3 Å². The lowest BCUT2D eigenvalue weighted by Crippen LogP contribution is -2.26. The number of carbonyl (C=O) groups excluding carboxylic acids is 2. The van der Waals surface area contributed by atoms with E-state index in [9.17, 15) is 19.9 Å². The van der Waals surface area contributed by atoms with Gasteiger partial charge in [0.2, 0.25) is 0 Å². The molecule has 2 aromatic rings. The number of benzene rings is 2. The third kappa shape index (κ3) is 3.98. The third-order valence-electron chi connectivity index (χ3n) is 3.59. The van der Waals surface area contributed by atoms with Gasteiger partial charge in [-0.2, -0.15) is 5.06 Å². The molecule has 0 unspecified atom stereocenters. The zero-order chi connectivity index (χ0) is 16.8. The summed E-state index contributed by atoms with van der Waals surface area (Å²) in [7, 11) is 1.31. The summed E-state index contributed by atoms with van der Waals surface area (Å²) >= 11 is 0. The smallest absolute Gasteiger partial charge is 0.305 e. The fourth-order valence-electron chi connectivity index (χ4n) is 2.30. The predicted octanol–water partition coefficient (Wildman–Crippen LogP) is 3.00. The zero-order valence-corrected chi connectivity index (χ0v) is 12.9. The topological polar surface area (TPSA) is 87.1 Å². The van der Waals surface area contributed by atoms with E-state index in [4.69, 9.17) is 0 Å². The summed E-state index contributed by atoms with van der Waals surface area (Å²) in [6.07, 6.45) is 1.24. The highest BCUT2D eigenvalue weighted by Gasteiger charge is 2.18. The van der Waals surface area contributed by atoms with Gasteiger partial charge in [0.05, 0.1) is 7.11 Å². The summed E-state index contributed by atoms with van der Waals surface area (Å²) < 4.78 is 4.51. The SMILES string of the molecule is COC(=O)CCCCC(=O)N(O)c1ccc2ccccc2c1O. The van der Waals surface area contributed by atoms with Gasteiger partial charge in [-0.15, -0.1) is 0 Å². The van der Waals surface area contributed by atoms with Crippen LogP contribution in [0.4, 0.5) is 5.69 Å². The highest BCUT2D eigenvalue weighted by atomic mass is 16.5. The summed E-state index contributed by atoms with van der Waals surface area (Å²) in [6, 6.07) is 10.4. The molecule has 6 heteroatoms. The first-order chi connectivity index (χ1) is 11.0. The fraction of sp³-hybridized carbons (Fsp3) is 0.294. The second-order valence-electron chi connectivity index (χ2n) is 5.14. The second-order valence-corrected chi connectivity index (χ2v) is 5.14. The van der Waals surface area contributed by atoms with E-state index in [1.165, 1.54) is 13.2 Å². The molecular weight excluding hydrogens is 298 g/mol. The molecule has 1 amide bonds. The quantitative estimate of drug-likeness (QED) is 0.370. The van der Waals surface area contributed by atoms with E-state index in [2.05, 4.69) is 4.74 Å². The third-order valence-corrected chi connectivity index (χ3v) is 3.59. The van der Waals surface area contributed by atoms with Gasteiger partial charge in [-0.05, 0) is 24.3 Å². The molecular formula is C17H19NO5. The number of carbonyl (C=O) groups is 2. The van der Waals surface area contributed by atoms with Crippen molar-refractivity contribution in [1.29, 1.82) is 0 Å². The van der Waals surface area contributed by atoms with Crippen LogP contribution in [0.3, 0.4) is 0 Å². The van der Waals surface area contributed by atoms with Crippen molar-refractivity contribution in [1.82, 2.24) is 0 Å². The van der Waals surface area contributed by atoms with E-state index in [0.717, 1.165) is 5.39 Å². The molecule has 122 valence electrons. The summed E-state index contributed by atoms with van der Waals surface area (Å²) in [5, 5.41) is 22.1. The van der Waals surface area contributed by atoms with Gasteiger partial charge in [-0.3, -0.25) is 14.8 Å². The average molecular weight is 317 g/mol. The van der Waals surface area contributed by atoms with E-state index in [1.807, 2.05) is 12.1 Å². The van der Waals surface area contributed by atoms with Crippen LogP contribution in [0.1, 0.15) is 25.7 Å². The Labute approximate surface area is 133 Å². The number of esters is 1. The molecule has 0 spiro atoms. The van der Waals surface area contributed by atoms with Crippen molar-refractivity contribution < 1.29 is 24.6 Å². The van der Waals surface area contributed by atoms with E-state index in [0.29, 0.717) is 23.3 Å². The first-order valence-corrected chi connectivity index (χ1v) is 7.34. The number of nitrogens with zero attached hydrogens (tertiary/aromatic N) is 1. The first-order valence-electron chi connectivity index (χ1n) is 7.34. The van der Waals surface area contributed by atoms with Crippen molar-refractivity contribution in [3.05, 3.63) is 36.4 Å². The number of amides is 1. The van der Waals surface area contributed by atoms with Crippen LogP contribution in [0.15, 0.2) is 36.4 Å². The number of anilines is 1. The lowest BCUT2D eigenvalue weighted by molar-refractivity contribution is -0.140. The largest absolute Gasteiger partial charge is 0.505 e. The molecule has 2 aromatic carbocycles. The Bertz CT molecular complexity index is 713. The number of phenolic OH excluding ortho intramolecular Hbond substituents is 1. The number of hydrogen-bond acceptors (Lipinski definition) is 5. The minimum Gasteiger partial charge on any atom is -0.505 e. The van der Waals surface area contributed by atoms with Gasteiger partial charge in [-0.25, -0.2) is 0 Å². The van der Waals surface area contributed by atoms with Crippen LogP contribution in [0.25, 0.3) is 10.8 Å². The van der Waals surface area contributed by atoms with Crippen LogP contribution in [0, 0.1) is 0 Å². The number of unbranched alkanes of at least 4 members (excludes halogenated alkanes) is 1. The van der Waals surface area contributed by atoms with Crippen molar-refractivity contribution in [3.63, 3.8) is 0 Å². The maximum Gasteiger partial charge on any atom is 0.305 e. The van der Waals surface area contributed by atoms with Crippen LogP contribution < -0.4 is 5.06 Å². The van der Waals surface area contributed by atoms with Crippen LogP contribution in [0.2, 0.25) is 0 Å². The lowest BCUT2D eigenvalue weighted by atomic mass is 10.1. The molecule has 0 heterocycles. The number of ether oxygens (including phenoxy) is 1. The van der Waals surface area contributed by atoms with Crippen molar-refractivity contribution in [3.8, 4) is 5.75 Å². The Balaban J connectivity index is 2.02. The highest BCUT2D eigenvalue weighted by molar-refractivity contribution is 5.99. The summed E-state index contributed by atoms with van der Waals surface area (Å²) in [4.78, 5) is 23.0. The monoisotopic (exact) mass is 317 g/mol. The van der Waals surface area contributed by atoms with Gasteiger partial charge in [0.25, 0.3) is 5.91 Å². The molecule has 0 aliphatic heterocycles. The molecule has 23 heavy (non-hydrogen) atoms. The number of fused-ring (bicyclic) bond motifs is 1. The van der Waals surface area contributed by atoms with Gasteiger partial charge in [0, 0.05) is 18.2 Å². The molecule has 0 atom stereocenters. The van der Waals surface area contributed by atoms with Gasteiger partial charge in [0.1, 0.15) is 11.4 Å². The number of rotatable bonds is 6. The van der Waals surface area contributed by atoms with E-state index in [1.54, 1.807) is 18.2 Å². The predicted molar refractivity (Wildman–Crippen MR) is 85.4 cm³/mol. The van der Waals surface area contributed by atoms with Gasteiger partial charge in [0.15, 0.2) is 0 Å². The fourth-order valence-corrected chi connectivity index (χ4v) is 2.30. The van der Waals surface area contributed by atoms with Crippen molar-refractivity contribution in [2.45, 2.75) is 25.7 Å². The molecule has 6 nitrogen and oxygen atoms in total. The van der Waals surface area contributed by atoms with Gasteiger partial charge in [-0.1, -0.05) is 30.3 Å². The van der Waals surface area contributed by atoms with Gasteiger partial charge < -0.3 is 9.84 Å². The minimum atomic E-state index is -0.541. The van der Waals surface area contributed by atoms with Crippen LogP contribution in [0.5, 0.6) is 5.75 Å². The second kappa shape index (κ2) is 7.60. The maximum atomic E-state index is 12.0. The highest BCUT2D eigenvalue weighted by Crippen LogP contribution is 2.34. The number of methoxy groups -OCH3 is 1. The average Bonchev–Trinajstić information content (AvgIpc) is 2.58. The Hall–Kier alpha value is -2.60. The first kappa shape index (κ1) is 16.8. The Kier molecular flexibility index (Phi) is 5.54. The van der Waals surface area contributed by atoms with E-state index >= 15 is 0 Å².